The van der Waals surface area contributed by atoms with Gasteiger partial charge in [-0.15, -0.1) is 12.4 Å². The largest absolute Gasteiger partial charge is 0.463 e. The Bertz CT molecular complexity index is 307. The first-order chi connectivity index (χ1) is 8.99. The highest BCUT2D eigenvalue weighted by molar-refractivity contribution is 5.85. The molecule has 2 atom stereocenters. The van der Waals surface area contributed by atoms with Crippen molar-refractivity contribution >= 4 is 24.3 Å². The number of carbonyl (C=O) groups is 2. The van der Waals surface area contributed by atoms with Crippen molar-refractivity contribution < 1.29 is 19.1 Å². The molecular weight excluding hydrogens is 284 g/mol. The molecule has 1 aliphatic heterocycles. The van der Waals surface area contributed by atoms with Crippen LogP contribution in [0.15, 0.2) is 0 Å². The van der Waals surface area contributed by atoms with Gasteiger partial charge in [0.2, 0.25) is 5.91 Å². The molecule has 2 N–H and O–H groups in total. The lowest BCUT2D eigenvalue weighted by Gasteiger charge is -2.23. The van der Waals surface area contributed by atoms with Crippen molar-refractivity contribution in [2.75, 3.05) is 26.3 Å². The molecule has 0 saturated carbocycles. The number of esters is 1. The Balaban J connectivity index is 0.00000361. The maximum absolute atomic E-state index is 11.7. The third-order valence-electron chi connectivity index (χ3n) is 2.79. The molecule has 1 aliphatic rings. The molecule has 1 fully saturated rings. The number of carbonyl (C=O) groups excluding carboxylic acids is 2. The second kappa shape index (κ2) is 9.96. The highest BCUT2D eigenvalue weighted by Gasteiger charge is 2.19. The van der Waals surface area contributed by atoms with Gasteiger partial charge in [0.1, 0.15) is 0 Å². The van der Waals surface area contributed by atoms with E-state index in [0.29, 0.717) is 26.2 Å². The molecule has 1 amide bonds. The quantitative estimate of drug-likeness (QED) is 0.698. The van der Waals surface area contributed by atoms with E-state index in [1.165, 1.54) is 0 Å². The molecular formula is C13H25ClN2O4. The van der Waals surface area contributed by atoms with E-state index < -0.39 is 0 Å². The minimum atomic E-state index is -0.332. The molecule has 0 aromatic rings. The normalized spacial score (nSPS) is 19.9. The Morgan fingerprint density at radius 1 is 1.40 bits per heavy atom. The van der Waals surface area contributed by atoms with Crippen molar-refractivity contribution in [3.05, 3.63) is 0 Å². The summed E-state index contributed by atoms with van der Waals surface area (Å²) in [6.45, 7) is 7.67. The van der Waals surface area contributed by atoms with Gasteiger partial charge in [-0.3, -0.25) is 9.59 Å². The van der Waals surface area contributed by atoms with Crippen LogP contribution in [0.1, 0.15) is 27.2 Å². The fraction of sp³-hybridized carbons (Fsp3) is 0.846. The zero-order valence-corrected chi connectivity index (χ0v) is 13.1. The Morgan fingerprint density at radius 3 is 2.65 bits per heavy atom. The zero-order chi connectivity index (χ0) is 14.3. The predicted octanol–water partition coefficient (Wildman–Crippen LogP) is 0.491. The first-order valence-corrected chi connectivity index (χ1v) is 6.77. The lowest BCUT2D eigenvalue weighted by atomic mass is 10.1. The molecule has 0 aromatic carbocycles. The molecule has 1 saturated heterocycles. The average Bonchev–Trinajstić information content (AvgIpc) is 2.36. The average molecular weight is 309 g/mol. The molecule has 7 heteroatoms. The van der Waals surface area contributed by atoms with Crippen LogP contribution < -0.4 is 10.6 Å². The van der Waals surface area contributed by atoms with Gasteiger partial charge in [0.15, 0.2) is 0 Å². The number of nitrogens with one attached hydrogen (secondary N) is 2. The molecule has 1 rings (SSSR count). The second-order valence-electron chi connectivity index (χ2n) is 5.12. The van der Waals surface area contributed by atoms with Crippen LogP contribution in [0.5, 0.6) is 0 Å². The second-order valence-corrected chi connectivity index (χ2v) is 5.12. The van der Waals surface area contributed by atoms with Crippen LogP contribution in [-0.2, 0) is 19.1 Å². The maximum atomic E-state index is 11.7. The molecule has 118 valence electrons. The van der Waals surface area contributed by atoms with Crippen molar-refractivity contribution in [1.29, 1.82) is 0 Å². The Morgan fingerprint density at radius 2 is 2.10 bits per heavy atom. The van der Waals surface area contributed by atoms with E-state index in [2.05, 4.69) is 10.6 Å². The van der Waals surface area contributed by atoms with E-state index in [4.69, 9.17) is 9.47 Å². The zero-order valence-electron chi connectivity index (χ0n) is 12.3. The van der Waals surface area contributed by atoms with Crippen molar-refractivity contribution in [1.82, 2.24) is 10.6 Å². The van der Waals surface area contributed by atoms with Crippen molar-refractivity contribution in [3.8, 4) is 0 Å². The molecule has 0 radical (unpaired) electrons. The third-order valence-corrected chi connectivity index (χ3v) is 2.79. The first-order valence-electron chi connectivity index (χ1n) is 6.77. The monoisotopic (exact) mass is 308 g/mol. The SMILES string of the molecule is CC(C)OC(=O)C(C)CNC(=O)CC1COCCN1.Cl. The van der Waals surface area contributed by atoms with Gasteiger partial charge < -0.3 is 20.1 Å². The van der Waals surface area contributed by atoms with Gasteiger partial charge in [-0.25, -0.2) is 0 Å². The van der Waals surface area contributed by atoms with Gasteiger partial charge in [-0.1, -0.05) is 6.92 Å². The fourth-order valence-corrected chi connectivity index (χ4v) is 1.75. The van der Waals surface area contributed by atoms with Crippen molar-refractivity contribution in [2.24, 2.45) is 5.92 Å². The fourth-order valence-electron chi connectivity index (χ4n) is 1.75. The Kier molecular flexibility index (Phi) is 9.54. The van der Waals surface area contributed by atoms with Crippen LogP contribution in [0.4, 0.5) is 0 Å². The number of rotatable bonds is 6. The number of amides is 1. The minimum Gasteiger partial charge on any atom is -0.463 e. The molecule has 6 nitrogen and oxygen atoms in total. The number of morpholine rings is 1. The number of ether oxygens (including phenoxy) is 2. The molecule has 0 aromatic heterocycles. The summed E-state index contributed by atoms with van der Waals surface area (Å²) in [6.07, 6.45) is 0.237. The maximum Gasteiger partial charge on any atom is 0.310 e. The highest BCUT2D eigenvalue weighted by atomic mass is 35.5. The summed E-state index contributed by atoms with van der Waals surface area (Å²) >= 11 is 0. The van der Waals surface area contributed by atoms with Gasteiger partial charge in [-0.2, -0.15) is 0 Å². The lowest BCUT2D eigenvalue weighted by molar-refractivity contribution is -0.151. The van der Waals surface area contributed by atoms with E-state index in [9.17, 15) is 9.59 Å². The molecule has 0 aliphatic carbocycles. The van der Waals surface area contributed by atoms with E-state index in [0.717, 1.165) is 6.54 Å². The molecule has 0 bridgehead atoms. The van der Waals surface area contributed by atoms with Crippen molar-refractivity contribution in [3.63, 3.8) is 0 Å². The highest BCUT2D eigenvalue weighted by Crippen LogP contribution is 2.02. The van der Waals surface area contributed by atoms with E-state index >= 15 is 0 Å². The summed E-state index contributed by atoms with van der Waals surface area (Å²) in [6, 6.07) is 0.0617. The van der Waals surface area contributed by atoms with Gasteiger partial charge in [0.25, 0.3) is 0 Å². The van der Waals surface area contributed by atoms with Crippen LogP contribution in [-0.4, -0.2) is 50.3 Å². The summed E-state index contributed by atoms with van der Waals surface area (Å²) in [5, 5.41) is 5.96. The van der Waals surface area contributed by atoms with Crippen LogP contribution in [0.25, 0.3) is 0 Å². The number of halogens is 1. The summed E-state index contributed by atoms with van der Waals surface area (Å²) < 4.78 is 10.3. The summed E-state index contributed by atoms with van der Waals surface area (Å²) in [5.74, 6) is -0.691. The van der Waals surface area contributed by atoms with E-state index in [1.54, 1.807) is 20.8 Å². The predicted molar refractivity (Wildman–Crippen MR) is 77.9 cm³/mol. The summed E-state index contributed by atoms with van der Waals surface area (Å²) in [5.41, 5.74) is 0. The number of hydrogen-bond acceptors (Lipinski definition) is 5. The minimum absolute atomic E-state index is 0. The summed E-state index contributed by atoms with van der Waals surface area (Å²) in [7, 11) is 0. The van der Waals surface area contributed by atoms with Crippen LogP contribution in [0.2, 0.25) is 0 Å². The lowest BCUT2D eigenvalue weighted by Crippen LogP contribution is -2.45. The van der Waals surface area contributed by atoms with Crippen molar-refractivity contribution in [2.45, 2.75) is 39.3 Å². The topological polar surface area (TPSA) is 76.7 Å². The van der Waals surface area contributed by atoms with Gasteiger partial charge >= 0.3 is 5.97 Å². The first kappa shape index (κ1) is 19.1. The molecule has 1 heterocycles. The summed E-state index contributed by atoms with van der Waals surface area (Å²) in [4.78, 5) is 23.3. The Hall–Kier alpha value is -0.850. The van der Waals surface area contributed by atoms with Crippen LogP contribution in [0.3, 0.4) is 0 Å². The smallest absolute Gasteiger partial charge is 0.310 e. The van der Waals surface area contributed by atoms with Gasteiger partial charge in [0, 0.05) is 25.6 Å². The molecule has 0 spiro atoms. The Labute approximate surface area is 126 Å². The van der Waals surface area contributed by atoms with Gasteiger partial charge in [0.05, 0.1) is 25.2 Å². The standard InChI is InChI=1S/C13H24N2O4.ClH/c1-9(2)19-13(17)10(3)7-15-12(16)6-11-8-18-5-4-14-11;/h9-11,14H,4-8H2,1-3H3,(H,15,16);1H. The molecule has 20 heavy (non-hydrogen) atoms. The third kappa shape index (κ3) is 7.67. The van der Waals surface area contributed by atoms with Gasteiger partial charge in [-0.05, 0) is 13.8 Å². The van der Waals surface area contributed by atoms with Crippen LogP contribution in [0, 0.1) is 5.92 Å². The number of hydrogen-bond donors (Lipinski definition) is 2. The van der Waals surface area contributed by atoms with Crippen LogP contribution >= 0.6 is 12.4 Å². The van der Waals surface area contributed by atoms with E-state index in [-0.39, 0.29) is 42.3 Å². The van der Waals surface area contributed by atoms with E-state index in [1.807, 2.05) is 0 Å². The molecule has 2 unspecified atom stereocenters.